The summed E-state index contributed by atoms with van der Waals surface area (Å²) in [6.45, 7) is 1.57. The van der Waals surface area contributed by atoms with Crippen molar-refractivity contribution in [1.29, 1.82) is 0 Å². The summed E-state index contributed by atoms with van der Waals surface area (Å²) in [6.07, 6.45) is -0.425. The molecule has 0 saturated heterocycles. The summed E-state index contributed by atoms with van der Waals surface area (Å²) >= 11 is 0. The first-order chi connectivity index (χ1) is 11.0. The van der Waals surface area contributed by atoms with Gasteiger partial charge in [0.1, 0.15) is 36.3 Å². The second-order valence-corrected chi connectivity index (χ2v) is 5.13. The normalized spacial score (nSPS) is 15.7. The summed E-state index contributed by atoms with van der Waals surface area (Å²) in [6, 6.07) is 8.41. The highest BCUT2D eigenvalue weighted by molar-refractivity contribution is 5.66. The minimum absolute atomic E-state index is 0.0295. The van der Waals surface area contributed by atoms with Crippen LogP contribution in [0.5, 0.6) is 11.5 Å². The number of carbonyl (C=O) groups excluding carboxylic acids is 1. The summed E-state index contributed by atoms with van der Waals surface area (Å²) < 4.78 is 42.5. The number of benzene rings is 2. The maximum atomic E-state index is 13.6. The molecule has 0 fully saturated rings. The topological polar surface area (TPSA) is 44.8 Å². The van der Waals surface area contributed by atoms with E-state index in [4.69, 9.17) is 14.2 Å². The number of ether oxygens (including phenoxy) is 3. The van der Waals surface area contributed by atoms with E-state index in [2.05, 4.69) is 0 Å². The first-order valence-corrected chi connectivity index (χ1v) is 7.03. The Morgan fingerprint density at radius 3 is 2.83 bits per heavy atom. The van der Waals surface area contributed by atoms with E-state index in [1.807, 2.05) is 0 Å². The van der Waals surface area contributed by atoms with E-state index in [1.54, 1.807) is 18.2 Å². The van der Waals surface area contributed by atoms with Gasteiger partial charge in [-0.05, 0) is 24.3 Å². The van der Waals surface area contributed by atoms with Gasteiger partial charge in [-0.25, -0.2) is 8.78 Å². The minimum Gasteiger partial charge on any atom is -0.489 e. The fraction of sp³-hybridized carbons (Fsp3) is 0.235. The highest BCUT2D eigenvalue weighted by Crippen LogP contribution is 2.37. The van der Waals surface area contributed by atoms with Crippen LogP contribution in [0.4, 0.5) is 8.78 Å². The van der Waals surface area contributed by atoms with Crippen LogP contribution in [0.2, 0.25) is 0 Å². The predicted molar refractivity (Wildman–Crippen MR) is 77.1 cm³/mol. The molecule has 0 aliphatic carbocycles. The molecule has 1 aliphatic heterocycles. The average molecular weight is 320 g/mol. The van der Waals surface area contributed by atoms with Crippen molar-refractivity contribution in [2.45, 2.75) is 19.6 Å². The molecule has 4 nitrogen and oxygen atoms in total. The van der Waals surface area contributed by atoms with Gasteiger partial charge in [-0.2, -0.15) is 0 Å². The maximum Gasteiger partial charge on any atom is 0.303 e. The van der Waals surface area contributed by atoms with Gasteiger partial charge >= 0.3 is 5.97 Å². The Balaban J connectivity index is 1.69. The molecule has 1 aliphatic rings. The molecule has 1 heterocycles. The van der Waals surface area contributed by atoms with E-state index in [0.29, 0.717) is 11.5 Å². The van der Waals surface area contributed by atoms with Crippen LogP contribution in [0.15, 0.2) is 36.4 Å². The van der Waals surface area contributed by atoms with Crippen molar-refractivity contribution >= 4 is 5.97 Å². The molecule has 0 saturated carbocycles. The number of rotatable bonds is 4. The van der Waals surface area contributed by atoms with Gasteiger partial charge in [0.25, 0.3) is 0 Å². The number of hydrogen-bond acceptors (Lipinski definition) is 4. The third-order valence-corrected chi connectivity index (χ3v) is 3.44. The van der Waals surface area contributed by atoms with Crippen LogP contribution in [-0.2, 0) is 16.1 Å². The largest absolute Gasteiger partial charge is 0.489 e. The number of esters is 1. The van der Waals surface area contributed by atoms with E-state index in [1.165, 1.54) is 19.1 Å². The standard InChI is InChI=1S/C17H14F2O4/c1-10(20)23-17-9-22-16-7-13(4-5-14(16)17)21-8-11-2-3-12(18)6-15(11)19/h2-7,17H,8-9H2,1H3/t17-/m1/s1. The van der Waals surface area contributed by atoms with Crippen LogP contribution >= 0.6 is 0 Å². The van der Waals surface area contributed by atoms with E-state index in [9.17, 15) is 13.6 Å². The summed E-state index contributed by atoms with van der Waals surface area (Å²) in [5.41, 5.74) is 1.02. The van der Waals surface area contributed by atoms with Gasteiger partial charge in [0.05, 0.1) is 0 Å². The molecule has 0 radical (unpaired) electrons. The van der Waals surface area contributed by atoms with Crippen molar-refractivity contribution in [1.82, 2.24) is 0 Å². The van der Waals surface area contributed by atoms with Crippen LogP contribution in [0.1, 0.15) is 24.2 Å². The highest BCUT2D eigenvalue weighted by atomic mass is 19.1. The Morgan fingerprint density at radius 2 is 2.09 bits per heavy atom. The third kappa shape index (κ3) is 3.41. The van der Waals surface area contributed by atoms with Crippen LogP contribution in [0.25, 0.3) is 0 Å². The Kier molecular flexibility index (Phi) is 4.14. The molecule has 3 rings (SSSR count). The predicted octanol–water partition coefficient (Wildman–Crippen LogP) is 3.54. The lowest BCUT2D eigenvalue weighted by Crippen LogP contribution is -2.09. The molecule has 2 aromatic carbocycles. The SMILES string of the molecule is CC(=O)O[C@@H]1COc2cc(OCc3ccc(F)cc3F)ccc21. The summed E-state index contributed by atoms with van der Waals surface area (Å²) in [7, 11) is 0. The Bertz CT molecular complexity index is 745. The second kappa shape index (κ2) is 6.24. The molecule has 0 N–H and O–H groups in total. The van der Waals surface area contributed by atoms with E-state index >= 15 is 0 Å². The zero-order valence-electron chi connectivity index (χ0n) is 12.3. The Hall–Kier alpha value is -2.63. The van der Waals surface area contributed by atoms with E-state index in [-0.39, 0.29) is 24.7 Å². The fourth-order valence-electron chi connectivity index (χ4n) is 2.35. The number of carbonyl (C=O) groups is 1. The Labute approximate surface area is 131 Å². The zero-order valence-corrected chi connectivity index (χ0v) is 12.3. The third-order valence-electron chi connectivity index (χ3n) is 3.44. The summed E-state index contributed by atoms with van der Waals surface area (Å²) in [5.74, 6) is -0.617. The van der Waals surface area contributed by atoms with Crippen molar-refractivity contribution in [3.05, 3.63) is 59.2 Å². The number of hydrogen-bond donors (Lipinski definition) is 0. The van der Waals surface area contributed by atoms with Gasteiger partial charge < -0.3 is 14.2 Å². The molecule has 0 bridgehead atoms. The van der Waals surface area contributed by atoms with Crippen molar-refractivity contribution in [3.8, 4) is 11.5 Å². The molecular formula is C17H14F2O4. The fourth-order valence-corrected chi connectivity index (χ4v) is 2.35. The summed E-state index contributed by atoms with van der Waals surface area (Å²) in [4.78, 5) is 11.0. The molecule has 120 valence electrons. The lowest BCUT2D eigenvalue weighted by molar-refractivity contribution is -0.147. The minimum atomic E-state index is -0.655. The van der Waals surface area contributed by atoms with Gasteiger partial charge in [0.2, 0.25) is 0 Å². The van der Waals surface area contributed by atoms with Gasteiger partial charge in [0, 0.05) is 30.2 Å². The lowest BCUT2D eigenvalue weighted by Gasteiger charge is -2.10. The van der Waals surface area contributed by atoms with Crippen LogP contribution in [0, 0.1) is 11.6 Å². The van der Waals surface area contributed by atoms with Crippen LogP contribution < -0.4 is 9.47 Å². The first kappa shape index (κ1) is 15.3. The molecule has 0 aromatic heterocycles. The number of fused-ring (bicyclic) bond motifs is 1. The molecule has 0 unspecified atom stereocenters. The van der Waals surface area contributed by atoms with Crippen molar-refractivity contribution < 1.29 is 27.8 Å². The van der Waals surface area contributed by atoms with Crippen molar-refractivity contribution in [2.75, 3.05) is 6.61 Å². The molecule has 2 aromatic rings. The van der Waals surface area contributed by atoms with Gasteiger partial charge in [-0.1, -0.05) is 0 Å². The molecule has 1 atom stereocenters. The van der Waals surface area contributed by atoms with Crippen LogP contribution in [-0.4, -0.2) is 12.6 Å². The Morgan fingerprint density at radius 1 is 1.26 bits per heavy atom. The maximum absolute atomic E-state index is 13.6. The van der Waals surface area contributed by atoms with E-state index < -0.39 is 17.7 Å². The number of halogens is 2. The van der Waals surface area contributed by atoms with Crippen molar-refractivity contribution in [2.24, 2.45) is 0 Å². The molecule has 0 spiro atoms. The van der Waals surface area contributed by atoms with Crippen molar-refractivity contribution in [3.63, 3.8) is 0 Å². The van der Waals surface area contributed by atoms with E-state index in [0.717, 1.165) is 11.6 Å². The van der Waals surface area contributed by atoms with Gasteiger partial charge in [-0.3, -0.25) is 4.79 Å². The highest BCUT2D eigenvalue weighted by Gasteiger charge is 2.27. The quantitative estimate of drug-likeness (QED) is 0.808. The smallest absolute Gasteiger partial charge is 0.303 e. The second-order valence-electron chi connectivity index (χ2n) is 5.13. The zero-order chi connectivity index (χ0) is 16.4. The average Bonchev–Trinajstić information content (AvgIpc) is 2.88. The van der Waals surface area contributed by atoms with Gasteiger partial charge in [-0.15, -0.1) is 0 Å². The first-order valence-electron chi connectivity index (χ1n) is 7.03. The van der Waals surface area contributed by atoms with Crippen LogP contribution in [0.3, 0.4) is 0 Å². The summed E-state index contributed by atoms with van der Waals surface area (Å²) in [5, 5.41) is 0. The molecule has 23 heavy (non-hydrogen) atoms. The monoisotopic (exact) mass is 320 g/mol. The molecule has 6 heteroatoms. The lowest BCUT2D eigenvalue weighted by atomic mass is 10.1. The van der Waals surface area contributed by atoms with Gasteiger partial charge in [0.15, 0.2) is 6.10 Å². The molecular weight excluding hydrogens is 306 g/mol. The molecule has 0 amide bonds.